The zero-order valence-electron chi connectivity index (χ0n) is 12.2. The molecule has 1 unspecified atom stereocenters. The molecule has 0 spiro atoms. The van der Waals surface area contributed by atoms with Crippen molar-refractivity contribution in [2.75, 3.05) is 18.1 Å². The topological polar surface area (TPSA) is 83.9 Å². The van der Waals surface area contributed by atoms with Gasteiger partial charge in [0.15, 0.2) is 11.4 Å². The number of amides is 2. The lowest BCUT2D eigenvalue weighted by Crippen LogP contribution is -2.47. The third-order valence-corrected chi connectivity index (χ3v) is 5.68. The number of aromatic nitrogens is 1. The largest absolute Gasteiger partial charge is 0.493 e. The van der Waals surface area contributed by atoms with Crippen LogP contribution in [0.5, 0.6) is 5.75 Å². The van der Waals surface area contributed by atoms with Crippen LogP contribution in [0.15, 0.2) is 12.1 Å². The number of aliphatic hydroxyl groups excluding tert-OH is 1. The Morgan fingerprint density at radius 2 is 2.35 bits per heavy atom. The normalized spacial score (nSPS) is 29.3. The number of aliphatic hydroxyl groups is 1. The van der Waals surface area contributed by atoms with Crippen molar-refractivity contribution >= 4 is 32.7 Å². The second-order valence-electron chi connectivity index (χ2n) is 6.00. The highest BCUT2D eigenvalue weighted by Gasteiger charge is 2.45. The van der Waals surface area contributed by atoms with Gasteiger partial charge in [-0.15, -0.1) is 0 Å². The van der Waals surface area contributed by atoms with Gasteiger partial charge < -0.3 is 19.9 Å². The molecule has 1 aromatic heterocycles. The van der Waals surface area contributed by atoms with Crippen LogP contribution in [0.3, 0.4) is 0 Å². The third-order valence-electron chi connectivity index (χ3n) is 4.66. The number of urea groups is 1. The fourth-order valence-corrected chi connectivity index (χ4v) is 4.61. The first-order valence-electron chi connectivity index (χ1n) is 7.65. The molecule has 2 N–H and O–H groups in total. The van der Waals surface area contributed by atoms with Crippen LogP contribution in [0.1, 0.15) is 12.0 Å². The van der Waals surface area contributed by atoms with Crippen molar-refractivity contribution in [2.45, 2.75) is 31.2 Å². The summed E-state index contributed by atoms with van der Waals surface area (Å²) >= 11 is 1.50. The van der Waals surface area contributed by atoms with Crippen LogP contribution in [-0.4, -0.2) is 47.7 Å². The van der Waals surface area contributed by atoms with Crippen molar-refractivity contribution < 1.29 is 19.4 Å². The molecule has 3 aliphatic rings. The summed E-state index contributed by atoms with van der Waals surface area (Å²) in [6.45, 7) is 1.00. The molecule has 8 heteroatoms. The Bertz CT molecular complexity index is 807. The van der Waals surface area contributed by atoms with Crippen LogP contribution in [0.25, 0.3) is 10.2 Å². The van der Waals surface area contributed by atoms with Gasteiger partial charge in [0.1, 0.15) is 5.75 Å². The second kappa shape index (κ2) is 4.80. The number of hydrogen-bond acceptors (Lipinski definition) is 6. The van der Waals surface area contributed by atoms with E-state index < -0.39 is 6.29 Å². The maximum absolute atomic E-state index is 12.4. The number of hydrogen-bond donors (Lipinski definition) is 2. The molecule has 4 heterocycles. The Morgan fingerprint density at radius 1 is 1.43 bits per heavy atom. The Kier molecular flexibility index (Phi) is 2.82. The quantitative estimate of drug-likeness (QED) is 0.820. The van der Waals surface area contributed by atoms with Crippen molar-refractivity contribution in [3.05, 3.63) is 17.7 Å². The Hall–Kier alpha value is -1.90. The number of anilines is 1. The molecule has 23 heavy (non-hydrogen) atoms. The number of fused-ring (bicyclic) bond motifs is 4. The fourth-order valence-electron chi connectivity index (χ4n) is 3.56. The summed E-state index contributed by atoms with van der Waals surface area (Å²) in [6.07, 6.45) is 0.403. The second-order valence-corrected chi connectivity index (χ2v) is 7.01. The van der Waals surface area contributed by atoms with Gasteiger partial charge in [-0.2, -0.15) is 0 Å². The van der Waals surface area contributed by atoms with Crippen molar-refractivity contribution in [1.29, 1.82) is 0 Å². The predicted octanol–water partition coefficient (Wildman–Crippen LogP) is 1.24. The number of carbonyl (C=O) groups excluding carboxylic acids is 1. The van der Waals surface area contributed by atoms with Gasteiger partial charge in [0.05, 0.1) is 35.5 Å². The lowest BCUT2D eigenvalue weighted by Gasteiger charge is -2.31. The average Bonchev–Trinajstić information content (AvgIpc) is 3.20. The Balaban J connectivity index is 1.58. The van der Waals surface area contributed by atoms with E-state index in [1.54, 1.807) is 4.90 Å². The number of ether oxygens (including phenoxy) is 2. The number of nitrogens with zero attached hydrogens (tertiary/aromatic N) is 2. The summed E-state index contributed by atoms with van der Waals surface area (Å²) < 4.78 is 11.9. The Morgan fingerprint density at radius 3 is 3.26 bits per heavy atom. The van der Waals surface area contributed by atoms with Crippen LogP contribution < -0.4 is 15.0 Å². The minimum absolute atomic E-state index is 0.105. The highest BCUT2D eigenvalue weighted by molar-refractivity contribution is 7.22. The molecule has 1 aromatic carbocycles. The first-order chi connectivity index (χ1) is 11.2. The molecule has 2 saturated heterocycles. The average molecular weight is 333 g/mol. The van der Waals surface area contributed by atoms with Gasteiger partial charge in [-0.3, -0.25) is 4.90 Å². The molecule has 0 aliphatic carbocycles. The molecule has 2 fully saturated rings. The van der Waals surface area contributed by atoms with E-state index in [9.17, 15) is 9.90 Å². The van der Waals surface area contributed by atoms with Gasteiger partial charge in [-0.25, -0.2) is 9.78 Å². The van der Waals surface area contributed by atoms with E-state index in [1.807, 2.05) is 12.1 Å². The molecule has 3 aliphatic heterocycles. The van der Waals surface area contributed by atoms with Crippen molar-refractivity contribution in [2.24, 2.45) is 0 Å². The monoisotopic (exact) mass is 333 g/mol. The zero-order valence-corrected chi connectivity index (χ0v) is 13.0. The maximum atomic E-state index is 12.4. The molecule has 7 nitrogen and oxygen atoms in total. The van der Waals surface area contributed by atoms with Gasteiger partial charge in [0.2, 0.25) is 0 Å². The number of rotatable bonds is 1. The highest BCUT2D eigenvalue weighted by Crippen LogP contribution is 2.39. The number of thiazole rings is 1. The smallest absolute Gasteiger partial charge is 0.324 e. The van der Waals surface area contributed by atoms with Crippen LogP contribution in [0.2, 0.25) is 0 Å². The lowest BCUT2D eigenvalue weighted by molar-refractivity contribution is -0.132. The molecule has 0 radical (unpaired) electrons. The van der Waals surface area contributed by atoms with Gasteiger partial charge in [0, 0.05) is 18.4 Å². The summed E-state index contributed by atoms with van der Waals surface area (Å²) in [4.78, 5) is 18.8. The standard InChI is InChI=1S/C15H15N3O4S/c19-12-5-9-8(6-22-12)16-14(20)18(9)15-17-13-7-3-4-21-10(7)1-2-11(13)23-15/h1-2,8-9,12,19H,3-6H2,(H,16,20)/t8-,9+,12?/m0/s1. The number of carbonyl (C=O) groups is 1. The maximum Gasteiger partial charge on any atom is 0.324 e. The molecule has 0 bridgehead atoms. The number of benzene rings is 1. The van der Waals surface area contributed by atoms with Crippen LogP contribution in [-0.2, 0) is 11.2 Å². The van der Waals surface area contributed by atoms with Crippen LogP contribution in [0, 0.1) is 0 Å². The van der Waals surface area contributed by atoms with Gasteiger partial charge in [-0.05, 0) is 12.1 Å². The van der Waals surface area contributed by atoms with Crippen molar-refractivity contribution in [3.8, 4) is 5.75 Å². The minimum atomic E-state index is -0.835. The van der Waals surface area contributed by atoms with E-state index in [-0.39, 0.29) is 18.1 Å². The number of nitrogens with one attached hydrogen (secondary N) is 1. The first kappa shape index (κ1) is 13.5. The summed E-state index contributed by atoms with van der Waals surface area (Å²) in [5.74, 6) is 0.889. The SMILES string of the molecule is O=C1N[C@H]2COC(O)C[C@H]2N1c1nc2c3c(ccc2s1)OCC3. The van der Waals surface area contributed by atoms with Crippen molar-refractivity contribution in [1.82, 2.24) is 10.3 Å². The van der Waals surface area contributed by atoms with E-state index in [4.69, 9.17) is 14.5 Å². The molecule has 2 aromatic rings. The van der Waals surface area contributed by atoms with Gasteiger partial charge >= 0.3 is 6.03 Å². The summed E-state index contributed by atoms with van der Waals surface area (Å²) in [6, 6.07) is 3.55. The van der Waals surface area contributed by atoms with Crippen LogP contribution >= 0.6 is 11.3 Å². The molecule has 5 rings (SSSR count). The Labute approximate surface area is 135 Å². The molecule has 0 saturated carbocycles. The summed E-state index contributed by atoms with van der Waals surface area (Å²) in [5, 5.41) is 13.3. The minimum Gasteiger partial charge on any atom is -0.493 e. The van der Waals surface area contributed by atoms with Gasteiger partial charge in [-0.1, -0.05) is 11.3 Å². The van der Waals surface area contributed by atoms with Gasteiger partial charge in [0.25, 0.3) is 0 Å². The molecular formula is C15H15N3O4S. The lowest BCUT2D eigenvalue weighted by atomic mass is 10.0. The van der Waals surface area contributed by atoms with E-state index in [2.05, 4.69) is 5.32 Å². The van der Waals surface area contributed by atoms with Crippen molar-refractivity contribution in [3.63, 3.8) is 0 Å². The van der Waals surface area contributed by atoms with E-state index >= 15 is 0 Å². The highest BCUT2D eigenvalue weighted by atomic mass is 32.1. The third kappa shape index (κ3) is 1.95. The van der Waals surface area contributed by atoms with E-state index in [1.165, 1.54) is 11.3 Å². The summed E-state index contributed by atoms with van der Waals surface area (Å²) in [7, 11) is 0. The van der Waals surface area contributed by atoms with E-state index in [0.29, 0.717) is 24.8 Å². The molecule has 3 atom stereocenters. The van der Waals surface area contributed by atoms with E-state index in [0.717, 1.165) is 28.0 Å². The predicted molar refractivity (Wildman–Crippen MR) is 84.0 cm³/mol. The zero-order chi connectivity index (χ0) is 15.6. The first-order valence-corrected chi connectivity index (χ1v) is 8.47. The summed E-state index contributed by atoms with van der Waals surface area (Å²) in [5.41, 5.74) is 2.04. The molecule has 120 valence electrons. The molecule has 2 amide bonds. The fraction of sp³-hybridized carbons (Fsp3) is 0.467. The molecular weight excluding hydrogens is 318 g/mol. The van der Waals surface area contributed by atoms with Crippen LogP contribution in [0.4, 0.5) is 9.93 Å².